The van der Waals surface area contributed by atoms with Gasteiger partial charge in [0.25, 0.3) is 0 Å². The van der Waals surface area contributed by atoms with E-state index in [0.717, 1.165) is 24.3 Å². The average molecular weight is 433 g/mol. The van der Waals surface area contributed by atoms with E-state index in [0.29, 0.717) is 5.56 Å². The fraction of sp³-hybridized carbons (Fsp3) is 0.611. The summed E-state index contributed by atoms with van der Waals surface area (Å²) >= 11 is 0. The second-order valence-electron chi connectivity index (χ2n) is 7.11. The van der Waals surface area contributed by atoms with Crippen molar-refractivity contribution < 1.29 is 45.0 Å². The quantitative estimate of drug-likeness (QED) is 0.601. The molecule has 11 heteroatoms. The standard InChI is InChI=1S/C18H19F8NO2/c19-16(20,18(24,25)26)6-8-27-7-5-11(10-15(28)29)9-14(27)12-1-3-13(4-2-12)17(21,22)23/h1-4,11,14H,5-10H2,(H,28,29)/t11?,14-/m0/s1. The maximum Gasteiger partial charge on any atom is 0.453 e. The second kappa shape index (κ2) is 8.45. The number of aliphatic carboxylic acids is 1. The van der Waals surface area contributed by atoms with Gasteiger partial charge in [-0.1, -0.05) is 12.1 Å². The summed E-state index contributed by atoms with van der Waals surface area (Å²) in [7, 11) is 0. The van der Waals surface area contributed by atoms with E-state index in [1.807, 2.05) is 0 Å². The van der Waals surface area contributed by atoms with Gasteiger partial charge in [0.1, 0.15) is 0 Å². The van der Waals surface area contributed by atoms with Crippen molar-refractivity contribution in [3.63, 3.8) is 0 Å². The molecule has 2 atom stereocenters. The topological polar surface area (TPSA) is 40.5 Å². The van der Waals surface area contributed by atoms with Crippen LogP contribution >= 0.6 is 0 Å². The number of carboxylic acids is 1. The predicted molar refractivity (Wildman–Crippen MR) is 86.4 cm³/mol. The first-order valence-corrected chi connectivity index (χ1v) is 8.78. The van der Waals surface area contributed by atoms with Gasteiger partial charge in [0, 0.05) is 25.4 Å². The van der Waals surface area contributed by atoms with E-state index in [-0.39, 0.29) is 31.7 Å². The molecule has 1 aliphatic rings. The summed E-state index contributed by atoms with van der Waals surface area (Å²) in [6.07, 6.45) is -11.6. The maximum absolute atomic E-state index is 13.3. The summed E-state index contributed by atoms with van der Waals surface area (Å²) in [5.74, 6) is -6.34. The number of hydrogen-bond acceptors (Lipinski definition) is 2. The Hall–Kier alpha value is -1.91. The van der Waals surface area contributed by atoms with Crippen molar-refractivity contribution in [3.05, 3.63) is 35.4 Å². The number of likely N-dealkylation sites (tertiary alicyclic amines) is 1. The lowest BCUT2D eigenvalue weighted by Crippen LogP contribution is -2.43. The van der Waals surface area contributed by atoms with Crippen molar-refractivity contribution in [2.75, 3.05) is 13.1 Å². The first-order valence-electron chi connectivity index (χ1n) is 8.78. The van der Waals surface area contributed by atoms with Gasteiger partial charge in [-0.25, -0.2) is 0 Å². The molecule has 0 saturated carbocycles. The van der Waals surface area contributed by atoms with Crippen molar-refractivity contribution in [3.8, 4) is 0 Å². The van der Waals surface area contributed by atoms with Crippen LogP contribution in [0.25, 0.3) is 0 Å². The summed E-state index contributed by atoms with van der Waals surface area (Å²) in [5.41, 5.74) is -0.613. The highest BCUT2D eigenvalue weighted by Gasteiger charge is 2.57. The van der Waals surface area contributed by atoms with E-state index in [9.17, 15) is 39.9 Å². The molecule has 1 aromatic rings. The minimum Gasteiger partial charge on any atom is -0.481 e. The van der Waals surface area contributed by atoms with E-state index in [2.05, 4.69) is 0 Å². The average Bonchev–Trinajstić information content (AvgIpc) is 2.58. The van der Waals surface area contributed by atoms with Crippen molar-refractivity contribution >= 4 is 5.97 Å². The van der Waals surface area contributed by atoms with Gasteiger partial charge in [0.15, 0.2) is 0 Å². The van der Waals surface area contributed by atoms with E-state index in [1.165, 1.54) is 4.90 Å². The fourth-order valence-electron chi connectivity index (χ4n) is 3.45. The van der Waals surface area contributed by atoms with E-state index in [4.69, 9.17) is 5.11 Å². The van der Waals surface area contributed by atoms with Crippen molar-refractivity contribution in [1.82, 2.24) is 4.90 Å². The Balaban J connectivity index is 2.21. The fourth-order valence-corrected chi connectivity index (χ4v) is 3.45. The van der Waals surface area contributed by atoms with Gasteiger partial charge >= 0.3 is 24.2 Å². The molecule has 0 spiro atoms. The monoisotopic (exact) mass is 433 g/mol. The number of nitrogens with zero attached hydrogens (tertiary/aromatic N) is 1. The number of alkyl halides is 8. The molecule has 1 saturated heterocycles. The van der Waals surface area contributed by atoms with Crippen molar-refractivity contribution in [2.45, 2.75) is 50.0 Å². The summed E-state index contributed by atoms with van der Waals surface area (Å²) in [4.78, 5) is 12.3. The zero-order valence-electron chi connectivity index (χ0n) is 15.0. The van der Waals surface area contributed by atoms with Crippen LogP contribution in [-0.4, -0.2) is 41.2 Å². The first-order chi connectivity index (χ1) is 13.2. The van der Waals surface area contributed by atoms with Gasteiger partial charge < -0.3 is 5.11 Å². The number of carbonyl (C=O) groups is 1. The lowest BCUT2D eigenvalue weighted by Gasteiger charge is -2.40. The molecule has 29 heavy (non-hydrogen) atoms. The molecule has 1 fully saturated rings. The molecule has 1 unspecified atom stereocenters. The molecule has 164 valence electrons. The summed E-state index contributed by atoms with van der Waals surface area (Å²) < 4.78 is 102. The summed E-state index contributed by atoms with van der Waals surface area (Å²) in [6, 6.07) is 3.15. The molecule has 1 aliphatic heterocycles. The molecule has 2 rings (SSSR count). The maximum atomic E-state index is 13.3. The third kappa shape index (κ3) is 6.03. The van der Waals surface area contributed by atoms with Crippen LogP contribution in [0.5, 0.6) is 0 Å². The zero-order chi connectivity index (χ0) is 22.0. The number of piperidine rings is 1. The van der Waals surface area contributed by atoms with E-state index in [1.54, 1.807) is 0 Å². The third-order valence-corrected chi connectivity index (χ3v) is 5.04. The highest BCUT2D eigenvalue weighted by Crippen LogP contribution is 2.41. The predicted octanol–water partition coefficient (Wildman–Crippen LogP) is 5.52. The van der Waals surface area contributed by atoms with Crippen LogP contribution in [0.3, 0.4) is 0 Å². The van der Waals surface area contributed by atoms with Gasteiger partial charge in [-0.3, -0.25) is 9.69 Å². The third-order valence-electron chi connectivity index (χ3n) is 5.04. The Morgan fingerprint density at radius 3 is 2.10 bits per heavy atom. The second-order valence-corrected chi connectivity index (χ2v) is 7.11. The Morgan fingerprint density at radius 2 is 1.62 bits per heavy atom. The van der Waals surface area contributed by atoms with Crippen LogP contribution in [0, 0.1) is 5.92 Å². The molecular weight excluding hydrogens is 414 g/mol. The molecule has 0 bridgehead atoms. The van der Waals surface area contributed by atoms with Gasteiger partial charge in [0.2, 0.25) is 0 Å². The van der Waals surface area contributed by atoms with Crippen LogP contribution in [-0.2, 0) is 11.0 Å². The number of hydrogen-bond donors (Lipinski definition) is 1. The van der Waals surface area contributed by atoms with Gasteiger partial charge in [-0.2, -0.15) is 35.1 Å². The van der Waals surface area contributed by atoms with Crippen LogP contribution in [0.1, 0.15) is 42.9 Å². The highest BCUT2D eigenvalue weighted by molar-refractivity contribution is 5.67. The highest BCUT2D eigenvalue weighted by atomic mass is 19.4. The normalized spacial score (nSPS) is 21.9. The molecule has 3 nitrogen and oxygen atoms in total. The molecule has 0 aromatic heterocycles. The van der Waals surface area contributed by atoms with Crippen molar-refractivity contribution in [1.29, 1.82) is 0 Å². The Bertz CT molecular complexity index is 699. The molecule has 1 heterocycles. The van der Waals surface area contributed by atoms with Crippen LogP contribution in [0.4, 0.5) is 35.1 Å². The Morgan fingerprint density at radius 1 is 1.03 bits per heavy atom. The first kappa shape index (κ1) is 23.4. The van der Waals surface area contributed by atoms with Crippen molar-refractivity contribution in [2.24, 2.45) is 5.92 Å². The number of halogens is 8. The smallest absolute Gasteiger partial charge is 0.453 e. The Kier molecular flexibility index (Phi) is 6.81. The van der Waals surface area contributed by atoms with E-state index >= 15 is 0 Å². The minimum atomic E-state index is -5.70. The Labute approximate surface area is 161 Å². The lowest BCUT2D eigenvalue weighted by molar-refractivity contribution is -0.285. The summed E-state index contributed by atoms with van der Waals surface area (Å²) in [6.45, 7) is -0.560. The molecule has 0 amide bonds. The van der Waals surface area contributed by atoms with Crippen LogP contribution in [0.2, 0.25) is 0 Å². The number of carboxylic acid groups (broad SMARTS) is 1. The van der Waals surface area contributed by atoms with Gasteiger partial charge in [-0.15, -0.1) is 0 Å². The molecule has 1 aromatic carbocycles. The van der Waals surface area contributed by atoms with Gasteiger partial charge in [0.05, 0.1) is 5.56 Å². The SMILES string of the molecule is O=C(O)CC1CCN(CCC(F)(F)C(F)(F)F)[C@H](c2ccc(C(F)(F)F)cc2)C1. The molecular formula is C18H19F8NO2. The zero-order valence-corrected chi connectivity index (χ0v) is 15.0. The lowest BCUT2D eigenvalue weighted by atomic mass is 9.85. The molecule has 1 N–H and O–H groups in total. The minimum absolute atomic E-state index is 0.0670. The van der Waals surface area contributed by atoms with Gasteiger partial charge in [-0.05, 0) is 43.0 Å². The van der Waals surface area contributed by atoms with Crippen LogP contribution in [0.15, 0.2) is 24.3 Å². The van der Waals surface area contributed by atoms with E-state index < -0.39 is 48.8 Å². The molecule has 0 radical (unpaired) electrons. The number of benzene rings is 1. The summed E-state index contributed by atoms with van der Waals surface area (Å²) in [5, 5.41) is 8.95. The number of rotatable bonds is 6. The largest absolute Gasteiger partial charge is 0.481 e. The van der Waals surface area contributed by atoms with Crippen LogP contribution < -0.4 is 0 Å². The molecule has 0 aliphatic carbocycles.